The maximum absolute atomic E-state index is 12.9. The highest BCUT2D eigenvalue weighted by Gasteiger charge is 2.28. The van der Waals surface area contributed by atoms with Crippen molar-refractivity contribution in [2.24, 2.45) is 0 Å². The molecule has 1 aromatic rings. The van der Waals surface area contributed by atoms with Crippen LogP contribution in [0.15, 0.2) is 24.5 Å². The molecule has 0 bridgehead atoms. The second-order valence-electron chi connectivity index (χ2n) is 11.0. The van der Waals surface area contributed by atoms with Gasteiger partial charge >= 0.3 is 17.9 Å². The average Bonchev–Trinajstić information content (AvgIpc) is 3.04. The van der Waals surface area contributed by atoms with Crippen molar-refractivity contribution in [3.63, 3.8) is 0 Å². The molecule has 0 aliphatic carbocycles. The van der Waals surface area contributed by atoms with Crippen LogP contribution in [0.5, 0.6) is 0 Å². The van der Waals surface area contributed by atoms with E-state index in [0.717, 1.165) is 26.4 Å². The summed E-state index contributed by atoms with van der Waals surface area (Å²) < 4.78 is 15.2. The first-order valence-corrected chi connectivity index (χ1v) is 17.4. The molecule has 0 saturated heterocycles. The molecule has 45 heavy (non-hydrogen) atoms. The number of hydrogen-bond donors (Lipinski definition) is 2. The fourth-order valence-electron chi connectivity index (χ4n) is 4.51. The molecule has 0 fully saturated rings. The fraction of sp³-hybridized carbons (Fsp3) is 0.697. The van der Waals surface area contributed by atoms with E-state index in [9.17, 15) is 24.0 Å². The van der Waals surface area contributed by atoms with E-state index in [1.807, 2.05) is 0 Å². The highest BCUT2D eigenvalue weighted by Crippen LogP contribution is 2.13. The van der Waals surface area contributed by atoms with Gasteiger partial charge in [0.2, 0.25) is 11.8 Å². The third-order valence-corrected chi connectivity index (χ3v) is 8.06. The van der Waals surface area contributed by atoms with Gasteiger partial charge in [0.25, 0.3) is 0 Å². The number of pyridine rings is 1. The number of thioether (sulfide) groups is 1. The lowest BCUT2D eigenvalue weighted by molar-refractivity contribution is -0.146. The van der Waals surface area contributed by atoms with E-state index in [-0.39, 0.29) is 23.9 Å². The summed E-state index contributed by atoms with van der Waals surface area (Å²) in [5, 5.41) is 5.03. The molecule has 2 atom stereocenters. The highest BCUT2D eigenvalue weighted by atomic mass is 32.2. The molecular weight excluding hydrogens is 598 g/mol. The minimum atomic E-state index is -1.28. The van der Waals surface area contributed by atoms with Crippen molar-refractivity contribution in [3.8, 4) is 0 Å². The molecule has 1 rings (SSSR count). The maximum Gasteiger partial charge on any atom is 0.339 e. The quantitative estimate of drug-likeness (QED) is 0.0781. The van der Waals surface area contributed by atoms with E-state index in [2.05, 4.69) is 22.5 Å². The zero-order valence-corrected chi connectivity index (χ0v) is 28.1. The molecule has 11 nitrogen and oxygen atoms in total. The van der Waals surface area contributed by atoms with Crippen molar-refractivity contribution >= 4 is 41.5 Å². The van der Waals surface area contributed by atoms with Crippen LogP contribution in [0.25, 0.3) is 0 Å². The molecule has 12 heteroatoms. The van der Waals surface area contributed by atoms with E-state index in [0.29, 0.717) is 12.2 Å². The summed E-state index contributed by atoms with van der Waals surface area (Å²) in [5.74, 6) is -2.25. The summed E-state index contributed by atoms with van der Waals surface area (Å²) in [7, 11) is 1.14. The largest absolute Gasteiger partial charge is 0.467 e. The van der Waals surface area contributed by atoms with Crippen molar-refractivity contribution in [2.45, 2.75) is 116 Å². The van der Waals surface area contributed by atoms with E-state index in [4.69, 9.17) is 14.2 Å². The Hall–Kier alpha value is -3.15. The van der Waals surface area contributed by atoms with E-state index < -0.39 is 42.4 Å². The summed E-state index contributed by atoms with van der Waals surface area (Å²) in [6.45, 7) is 3.23. The second kappa shape index (κ2) is 26.1. The van der Waals surface area contributed by atoms with Crippen LogP contribution in [-0.2, 0) is 33.4 Å². The predicted octanol–water partition coefficient (Wildman–Crippen LogP) is 5.16. The van der Waals surface area contributed by atoms with Gasteiger partial charge in [0.15, 0.2) is 6.04 Å². The van der Waals surface area contributed by atoms with Crippen molar-refractivity contribution in [3.05, 3.63) is 30.1 Å². The zero-order chi connectivity index (χ0) is 33.1. The molecule has 2 amide bonds. The van der Waals surface area contributed by atoms with Crippen LogP contribution in [-0.4, -0.2) is 78.6 Å². The Morgan fingerprint density at radius 2 is 1.47 bits per heavy atom. The molecule has 254 valence electrons. The van der Waals surface area contributed by atoms with Gasteiger partial charge in [-0.15, -0.1) is 0 Å². The van der Waals surface area contributed by atoms with Crippen LogP contribution in [0.1, 0.15) is 114 Å². The number of methoxy groups -OCH3 is 1. The summed E-state index contributed by atoms with van der Waals surface area (Å²) >= 11 is 1.32. The van der Waals surface area contributed by atoms with Gasteiger partial charge in [0.05, 0.1) is 12.7 Å². The third kappa shape index (κ3) is 20.5. The first-order chi connectivity index (χ1) is 21.8. The zero-order valence-electron chi connectivity index (χ0n) is 27.3. The van der Waals surface area contributed by atoms with Crippen LogP contribution in [0.4, 0.5) is 0 Å². The normalized spacial score (nSPS) is 12.1. The standard InChI is InChI=1S/C33H53N3O8S/c1-4-5-6-7-8-9-10-11-12-13-14-15-16-19-30(38)43-21-22-45-25-29(35-26(2)37)31(39)36-28(33(41)42-3)24-44-32(40)27-18-17-20-34-23-27/h17-18,20,23,28-29H,4-16,19,21-22,24-25H2,1-3H3,(H,35,37)(H,36,39)/t28-,29-/m0/s1. The van der Waals surface area contributed by atoms with Crippen molar-refractivity contribution < 1.29 is 38.2 Å². The van der Waals surface area contributed by atoms with E-state index in [1.54, 1.807) is 6.07 Å². The number of unbranched alkanes of at least 4 members (excludes halogenated alkanes) is 12. The highest BCUT2D eigenvalue weighted by molar-refractivity contribution is 7.99. The molecular formula is C33H53N3O8S. The lowest BCUT2D eigenvalue weighted by Crippen LogP contribution is -2.54. The Bertz CT molecular complexity index is 995. The van der Waals surface area contributed by atoms with Crippen molar-refractivity contribution in [1.29, 1.82) is 0 Å². The number of amides is 2. The Labute approximate surface area is 272 Å². The minimum absolute atomic E-state index is 0.172. The number of hydrogen-bond acceptors (Lipinski definition) is 10. The molecule has 0 aliphatic rings. The SMILES string of the molecule is CCCCCCCCCCCCCCCC(=O)OCCSC[C@H](NC(C)=O)C(=O)N[C@@H](COC(=O)c1cccnc1)C(=O)OC. The molecule has 0 saturated carbocycles. The lowest BCUT2D eigenvalue weighted by atomic mass is 10.0. The first kappa shape index (κ1) is 39.9. The van der Waals surface area contributed by atoms with Crippen LogP contribution in [0, 0.1) is 0 Å². The minimum Gasteiger partial charge on any atom is -0.467 e. The smallest absolute Gasteiger partial charge is 0.339 e. The average molecular weight is 652 g/mol. The van der Waals surface area contributed by atoms with Gasteiger partial charge in [-0.3, -0.25) is 19.4 Å². The molecule has 0 spiro atoms. The predicted molar refractivity (Wildman–Crippen MR) is 175 cm³/mol. The van der Waals surface area contributed by atoms with Gasteiger partial charge in [-0.05, 0) is 18.6 Å². The molecule has 1 aromatic heterocycles. The maximum atomic E-state index is 12.9. The number of aromatic nitrogens is 1. The first-order valence-electron chi connectivity index (χ1n) is 16.2. The molecule has 1 heterocycles. The summed E-state index contributed by atoms with van der Waals surface area (Å²) in [5.41, 5.74) is 0.185. The van der Waals surface area contributed by atoms with Gasteiger partial charge in [0.1, 0.15) is 19.3 Å². The number of nitrogens with one attached hydrogen (secondary N) is 2. The lowest BCUT2D eigenvalue weighted by Gasteiger charge is -2.21. The Morgan fingerprint density at radius 1 is 0.844 bits per heavy atom. The second-order valence-corrected chi connectivity index (χ2v) is 12.1. The molecule has 0 radical (unpaired) electrons. The van der Waals surface area contributed by atoms with Crippen LogP contribution >= 0.6 is 11.8 Å². The number of nitrogens with zero attached hydrogens (tertiary/aromatic N) is 1. The molecule has 0 aliphatic heterocycles. The van der Waals surface area contributed by atoms with Crippen LogP contribution in [0.3, 0.4) is 0 Å². The molecule has 0 aromatic carbocycles. The number of carbonyl (C=O) groups is 5. The fourth-order valence-corrected chi connectivity index (χ4v) is 5.35. The van der Waals surface area contributed by atoms with Gasteiger partial charge in [-0.25, -0.2) is 9.59 Å². The van der Waals surface area contributed by atoms with Gasteiger partial charge in [-0.2, -0.15) is 11.8 Å². The topological polar surface area (TPSA) is 150 Å². The number of esters is 3. The number of rotatable bonds is 26. The Balaban J connectivity index is 2.27. The number of carbonyl (C=O) groups excluding carboxylic acids is 5. The van der Waals surface area contributed by atoms with Crippen LogP contribution < -0.4 is 10.6 Å². The summed E-state index contributed by atoms with van der Waals surface area (Å²) in [6, 6.07) is 0.806. The Kier molecular flexibility index (Phi) is 23.1. The van der Waals surface area contributed by atoms with E-state index in [1.165, 1.54) is 101 Å². The van der Waals surface area contributed by atoms with Crippen molar-refractivity contribution in [2.75, 3.05) is 31.8 Å². The van der Waals surface area contributed by atoms with Crippen molar-refractivity contribution in [1.82, 2.24) is 15.6 Å². The number of ether oxygens (including phenoxy) is 3. The monoisotopic (exact) mass is 651 g/mol. The molecule has 0 unspecified atom stereocenters. The van der Waals surface area contributed by atoms with Gasteiger partial charge < -0.3 is 24.8 Å². The van der Waals surface area contributed by atoms with Crippen LogP contribution in [0.2, 0.25) is 0 Å². The van der Waals surface area contributed by atoms with Gasteiger partial charge in [-0.1, -0.05) is 84.0 Å². The summed E-state index contributed by atoms with van der Waals surface area (Å²) in [4.78, 5) is 65.0. The molecule has 2 N–H and O–H groups in total. The summed E-state index contributed by atoms with van der Waals surface area (Å²) in [6.07, 6.45) is 19.3. The third-order valence-electron chi connectivity index (χ3n) is 7.03. The Morgan fingerprint density at radius 3 is 2.02 bits per heavy atom. The van der Waals surface area contributed by atoms with Gasteiger partial charge in [0, 0.05) is 37.2 Å². The van der Waals surface area contributed by atoms with E-state index >= 15 is 0 Å².